The molecule has 4 rings (SSSR count). The molecular weight excluding hydrogens is 459 g/mol. The van der Waals surface area contributed by atoms with Crippen LogP contribution in [-0.2, 0) is 11.3 Å². The highest BCUT2D eigenvalue weighted by Gasteiger charge is 2.31. The molecule has 0 N–H and O–H groups in total. The first kappa shape index (κ1) is 23.7. The third kappa shape index (κ3) is 5.39. The summed E-state index contributed by atoms with van der Waals surface area (Å²) < 4.78 is 7.78. The molecule has 6 nitrogen and oxygen atoms in total. The standard InChI is InChI=1S/C25H30Cl2N4O2/c1-25(2,3)33-24(32)30-13-7-8-19(16-30)29(4)23-28-21-9-5-6-10-22(21)31(23)15-17-11-12-18(26)14-20(17)27/h5-6,9-12,14,19H,7-8,13,15-16H2,1-4H3/t19-/m1/s1. The summed E-state index contributed by atoms with van der Waals surface area (Å²) in [6.45, 7) is 7.54. The fourth-order valence-corrected chi connectivity index (χ4v) is 4.70. The highest BCUT2D eigenvalue weighted by atomic mass is 35.5. The molecule has 0 aliphatic carbocycles. The fourth-order valence-electron chi connectivity index (χ4n) is 4.23. The van der Waals surface area contributed by atoms with E-state index in [-0.39, 0.29) is 12.1 Å². The predicted molar refractivity (Wildman–Crippen MR) is 135 cm³/mol. The number of rotatable bonds is 4. The van der Waals surface area contributed by atoms with Crippen molar-refractivity contribution in [2.75, 3.05) is 25.0 Å². The van der Waals surface area contributed by atoms with E-state index < -0.39 is 5.60 Å². The number of imidazole rings is 1. The highest BCUT2D eigenvalue weighted by molar-refractivity contribution is 6.35. The number of fused-ring (bicyclic) bond motifs is 1. The summed E-state index contributed by atoms with van der Waals surface area (Å²) in [4.78, 5) is 21.6. The molecule has 1 aliphatic rings. The summed E-state index contributed by atoms with van der Waals surface area (Å²) >= 11 is 12.6. The molecule has 33 heavy (non-hydrogen) atoms. The number of ether oxygens (including phenoxy) is 1. The maximum atomic E-state index is 12.7. The number of carbonyl (C=O) groups excluding carboxylic acids is 1. The average molecular weight is 489 g/mol. The number of nitrogens with zero attached hydrogens (tertiary/aromatic N) is 4. The average Bonchev–Trinajstić information content (AvgIpc) is 3.12. The van der Waals surface area contributed by atoms with Crippen molar-refractivity contribution in [1.82, 2.24) is 14.5 Å². The van der Waals surface area contributed by atoms with E-state index in [0.29, 0.717) is 29.7 Å². The molecule has 0 unspecified atom stereocenters. The van der Waals surface area contributed by atoms with E-state index in [1.807, 2.05) is 58.2 Å². The van der Waals surface area contributed by atoms with E-state index in [1.54, 1.807) is 11.0 Å². The van der Waals surface area contributed by atoms with E-state index in [9.17, 15) is 4.79 Å². The van der Waals surface area contributed by atoms with Crippen molar-refractivity contribution in [3.63, 3.8) is 0 Å². The number of anilines is 1. The topological polar surface area (TPSA) is 50.6 Å². The molecule has 0 spiro atoms. The minimum atomic E-state index is -0.512. The summed E-state index contributed by atoms with van der Waals surface area (Å²) in [6.07, 6.45) is 1.63. The number of aromatic nitrogens is 2. The normalized spacial score (nSPS) is 16.8. The highest BCUT2D eigenvalue weighted by Crippen LogP contribution is 2.29. The van der Waals surface area contributed by atoms with Crippen LogP contribution in [0, 0.1) is 0 Å². The Balaban J connectivity index is 1.63. The van der Waals surface area contributed by atoms with E-state index in [4.69, 9.17) is 32.9 Å². The van der Waals surface area contributed by atoms with Gasteiger partial charge in [0.2, 0.25) is 5.95 Å². The summed E-state index contributed by atoms with van der Waals surface area (Å²) in [5.74, 6) is 0.846. The second-order valence-electron chi connectivity index (χ2n) is 9.56. The van der Waals surface area contributed by atoms with Gasteiger partial charge in [-0.15, -0.1) is 0 Å². The van der Waals surface area contributed by atoms with Gasteiger partial charge in [-0.3, -0.25) is 0 Å². The minimum absolute atomic E-state index is 0.127. The molecule has 1 saturated heterocycles. The van der Waals surface area contributed by atoms with Gasteiger partial charge in [-0.05, 0) is 63.4 Å². The van der Waals surface area contributed by atoms with Crippen LogP contribution in [0.2, 0.25) is 10.0 Å². The van der Waals surface area contributed by atoms with Crippen molar-refractivity contribution in [2.45, 2.75) is 51.8 Å². The Hall–Kier alpha value is -2.44. The maximum Gasteiger partial charge on any atom is 0.410 e. The molecule has 2 heterocycles. The van der Waals surface area contributed by atoms with E-state index >= 15 is 0 Å². The molecule has 0 radical (unpaired) electrons. The number of hydrogen-bond donors (Lipinski definition) is 0. The van der Waals surface area contributed by atoms with Crippen molar-refractivity contribution < 1.29 is 9.53 Å². The fraction of sp³-hybridized carbons (Fsp3) is 0.440. The van der Waals surface area contributed by atoms with Gasteiger partial charge < -0.3 is 19.1 Å². The second-order valence-corrected chi connectivity index (χ2v) is 10.4. The van der Waals surface area contributed by atoms with Crippen LogP contribution in [0.5, 0.6) is 0 Å². The van der Waals surface area contributed by atoms with Crippen LogP contribution in [-0.4, -0.2) is 52.3 Å². The Morgan fingerprint density at radius 2 is 1.97 bits per heavy atom. The number of carbonyl (C=O) groups is 1. The molecule has 8 heteroatoms. The van der Waals surface area contributed by atoms with Crippen LogP contribution in [0.4, 0.5) is 10.7 Å². The Kier molecular flexibility index (Phi) is 6.78. The maximum absolute atomic E-state index is 12.7. The van der Waals surface area contributed by atoms with Crippen LogP contribution < -0.4 is 4.90 Å². The first-order chi connectivity index (χ1) is 15.6. The van der Waals surface area contributed by atoms with Gasteiger partial charge in [-0.2, -0.15) is 0 Å². The lowest BCUT2D eigenvalue weighted by Gasteiger charge is -2.38. The van der Waals surface area contributed by atoms with Crippen LogP contribution in [0.15, 0.2) is 42.5 Å². The zero-order valence-corrected chi connectivity index (χ0v) is 21.0. The predicted octanol–water partition coefficient (Wildman–Crippen LogP) is 6.23. The quantitative estimate of drug-likeness (QED) is 0.436. The van der Waals surface area contributed by atoms with Gasteiger partial charge in [-0.1, -0.05) is 41.4 Å². The Bertz CT molecular complexity index is 1160. The van der Waals surface area contributed by atoms with Crippen LogP contribution >= 0.6 is 23.2 Å². The number of likely N-dealkylation sites (tertiary alicyclic amines) is 1. The second kappa shape index (κ2) is 9.43. The van der Waals surface area contributed by atoms with Crippen LogP contribution in [0.25, 0.3) is 11.0 Å². The molecule has 1 aromatic heterocycles. The lowest BCUT2D eigenvalue weighted by atomic mass is 10.1. The SMILES string of the molecule is CN(c1nc2ccccc2n1Cc1ccc(Cl)cc1Cl)[C@@H]1CCCN(C(=O)OC(C)(C)C)C1. The number of piperidine rings is 1. The Labute approximate surface area is 205 Å². The van der Waals surface area contributed by atoms with Gasteiger partial charge in [0, 0.05) is 36.2 Å². The largest absolute Gasteiger partial charge is 0.444 e. The molecule has 1 aliphatic heterocycles. The number of hydrogen-bond acceptors (Lipinski definition) is 4. The van der Waals surface area contributed by atoms with Gasteiger partial charge in [0.1, 0.15) is 5.60 Å². The molecule has 176 valence electrons. The van der Waals surface area contributed by atoms with Gasteiger partial charge in [0.05, 0.1) is 17.6 Å². The lowest BCUT2D eigenvalue weighted by molar-refractivity contribution is 0.0199. The Morgan fingerprint density at radius 1 is 1.21 bits per heavy atom. The molecule has 0 bridgehead atoms. The van der Waals surface area contributed by atoms with Crippen molar-refractivity contribution in [3.8, 4) is 0 Å². The lowest BCUT2D eigenvalue weighted by Crippen LogP contribution is -2.50. The van der Waals surface area contributed by atoms with E-state index in [0.717, 1.165) is 35.4 Å². The monoisotopic (exact) mass is 488 g/mol. The third-order valence-corrected chi connectivity index (χ3v) is 6.48. The summed E-state index contributed by atoms with van der Waals surface area (Å²) in [5, 5.41) is 1.24. The molecule has 1 atom stereocenters. The molecule has 2 aromatic carbocycles. The zero-order chi connectivity index (χ0) is 23.8. The van der Waals surface area contributed by atoms with Crippen molar-refractivity contribution in [3.05, 3.63) is 58.1 Å². The molecule has 3 aromatic rings. The number of amides is 1. The smallest absolute Gasteiger partial charge is 0.410 e. The number of halogens is 2. The number of benzene rings is 2. The first-order valence-corrected chi connectivity index (χ1v) is 12.0. The van der Waals surface area contributed by atoms with Crippen LogP contribution in [0.3, 0.4) is 0 Å². The van der Waals surface area contributed by atoms with Gasteiger partial charge >= 0.3 is 6.09 Å². The Morgan fingerprint density at radius 3 is 2.70 bits per heavy atom. The summed E-state index contributed by atoms with van der Waals surface area (Å²) in [5.41, 5.74) is 2.41. The molecule has 0 saturated carbocycles. The van der Waals surface area contributed by atoms with E-state index in [2.05, 4.69) is 15.5 Å². The number of para-hydroxylation sites is 2. The van der Waals surface area contributed by atoms with Crippen molar-refractivity contribution >= 4 is 46.3 Å². The van der Waals surface area contributed by atoms with Gasteiger partial charge in [-0.25, -0.2) is 9.78 Å². The van der Waals surface area contributed by atoms with Gasteiger partial charge in [0.25, 0.3) is 0 Å². The first-order valence-electron chi connectivity index (χ1n) is 11.2. The molecule has 1 fully saturated rings. The van der Waals surface area contributed by atoms with E-state index in [1.165, 1.54) is 0 Å². The van der Waals surface area contributed by atoms with Crippen molar-refractivity contribution in [1.29, 1.82) is 0 Å². The van der Waals surface area contributed by atoms with Crippen LogP contribution in [0.1, 0.15) is 39.2 Å². The summed E-state index contributed by atoms with van der Waals surface area (Å²) in [7, 11) is 2.05. The molecule has 1 amide bonds. The zero-order valence-electron chi connectivity index (χ0n) is 19.5. The molecular formula is C25H30Cl2N4O2. The summed E-state index contributed by atoms with van der Waals surface area (Å²) in [6, 6.07) is 13.8. The minimum Gasteiger partial charge on any atom is -0.444 e. The third-order valence-electron chi connectivity index (χ3n) is 5.89. The van der Waals surface area contributed by atoms with Crippen molar-refractivity contribution in [2.24, 2.45) is 0 Å². The van der Waals surface area contributed by atoms with Gasteiger partial charge in [0.15, 0.2) is 0 Å². The number of likely N-dealkylation sites (N-methyl/N-ethyl adjacent to an activating group) is 1.